The predicted molar refractivity (Wildman–Crippen MR) is 108 cm³/mol. The van der Waals surface area contributed by atoms with Crippen molar-refractivity contribution in [1.82, 2.24) is 15.5 Å². The number of aromatic nitrogens is 2. The molecule has 2 aromatic carbocycles. The Morgan fingerprint density at radius 1 is 1.10 bits per heavy atom. The summed E-state index contributed by atoms with van der Waals surface area (Å²) in [6.45, 7) is 0.497. The van der Waals surface area contributed by atoms with E-state index in [1.165, 1.54) is 23.9 Å². The number of nitrogens with one attached hydrogen (secondary N) is 1. The third-order valence-electron chi connectivity index (χ3n) is 4.03. The molecule has 0 aliphatic carbocycles. The number of thioether (sulfide) groups is 1. The van der Waals surface area contributed by atoms with Gasteiger partial charge in [-0.25, -0.2) is 0 Å². The largest absolute Gasteiger partial charge is 0.508 e. The first-order chi connectivity index (χ1) is 14.1. The van der Waals surface area contributed by atoms with E-state index in [4.69, 9.17) is 13.9 Å². The highest BCUT2D eigenvalue weighted by molar-refractivity contribution is 7.99. The van der Waals surface area contributed by atoms with Crippen LogP contribution in [0.3, 0.4) is 0 Å². The highest BCUT2D eigenvalue weighted by atomic mass is 32.2. The van der Waals surface area contributed by atoms with Crippen LogP contribution in [-0.4, -0.2) is 47.7 Å². The van der Waals surface area contributed by atoms with Crippen LogP contribution in [0.5, 0.6) is 17.2 Å². The number of methoxy groups -OCH3 is 2. The number of rotatable bonds is 9. The Balaban J connectivity index is 1.44. The lowest BCUT2D eigenvalue weighted by molar-refractivity contribution is -0.118. The summed E-state index contributed by atoms with van der Waals surface area (Å²) in [5.74, 6) is 1.87. The smallest absolute Gasteiger partial charge is 0.277 e. The van der Waals surface area contributed by atoms with E-state index in [0.29, 0.717) is 41.1 Å². The van der Waals surface area contributed by atoms with Gasteiger partial charge in [0.15, 0.2) is 11.5 Å². The van der Waals surface area contributed by atoms with Gasteiger partial charge in [-0.15, -0.1) is 10.2 Å². The molecular weight excluding hydrogens is 394 g/mol. The Morgan fingerprint density at radius 3 is 2.59 bits per heavy atom. The molecule has 152 valence electrons. The predicted octanol–water partition coefficient (Wildman–Crippen LogP) is 2.91. The molecular formula is C20H21N3O5S. The van der Waals surface area contributed by atoms with E-state index in [-0.39, 0.29) is 17.4 Å². The number of hydrogen-bond acceptors (Lipinski definition) is 8. The molecule has 3 rings (SSSR count). The van der Waals surface area contributed by atoms with Gasteiger partial charge in [0.25, 0.3) is 5.22 Å². The highest BCUT2D eigenvalue weighted by Gasteiger charge is 2.11. The Kier molecular flexibility index (Phi) is 6.96. The molecule has 8 nitrogen and oxygen atoms in total. The maximum atomic E-state index is 12.1. The van der Waals surface area contributed by atoms with Crippen LogP contribution < -0.4 is 14.8 Å². The van der Waals surface area contributed by atoms with Crippen LogP contribution in [0.2, 0.25) is 0 Å². The molecule has 9 heteroatoms. The van der Waals surface area contributed by atoms with Crippen LogP contribution in [-0.2, 0) is 11.2 Å². The topological polar surface area (TPSA) is 107 Å². The number of aromatic hydroxyl groups is 1. The SMILES string of the molecule is COc1ccc(CCNC(=O)CSc2nnc(-c3ccc(O)cc3)o2)cc1OC. The molecule has 0 aliphatic heterocycles. The summed E-state index contributed by atoms with van der Waals surface area (Å²) in [4.78, 5) is 12.1. The number of nitrogens with zero attached hydrogens (tertiary/aromatic N) is 2. The van der Waals surface area contributed by atoms with E-state index in [1.807, 2.05) is 18.2 Å². The van der Waals surface area contributed by atoms with Gasteiger partial charge in [-0.2, -0.15) is 0 Å². The fourth-order valence-corrected chi connectivity index (χ4v) is 3.14. The molecule has 1 amide bonds. The van der Waals surface area contributed by atoms with E-state index >= 15 is 0 Å². The first-order valence-corrected chi connectivity index (χ1v) is 9.81. The minimum Gasteiger partial charge on any atom is -0.508 e. The van der Waals surface area contributed by atoms with Crippen molar-refractivity contribution in [3.05, 3.63) is 48.0 Å². The van der Waals surface area contributed by atoms with Gasteiger partial charge < -0.3 is 24.3 Å². The maximum absolute atomic E-state index is 12.1. The number of amides is 1. The molecule has 0 spiro atoms. The summed E-state index contributed by atoms with van der Waals surface area (Å²) in [5, 5.41) is 20.4. The molecule has 0 saturated heterocycles. The van der Waals surface area contributed by atoms with Crippen molar-refractivity contribution in [2.45, 2.75) is 11.6 Å². The standard InChI is InChI=1S/C20H21N3O5S/c1-26-16-8-3-13(11-17(16)27-2)9-10-21-18(25)12-29-20-23-22-19(28-20)14-4-6-15(24)7-5-14/h3-8,11,24H,9-10,12H2,1-2H3,(H,21,25). The molecule has 0 fully saturated rings. The van der Waals surface area contributed by atoms with Crippen LogP contribution >= 0.6 is 11.8 Å². The zero-order chi connectivity index (χ0) is 20.6. The normalized spacial score (nSPS) is 10.6. The van der Waals surface area contributed by atoms with E-state index in [0.717, 1.165) is 5.56 Å². The van der Waals surface area contributed by atoms with E-state index < -0.39 is 0 Å². The minimum atomic E-state index is -0.125. The molecule has 0 radical (unpaired) electrons. The zero-order valence-electron chi connectivity index (χ0n) is 16.0. The van der Waals surface area contributed by atoms with Gasteiger partial charge in [0.2, 0.25) is 11.8 Å². The van der Waals surface area contributed by atoms with Crippen molar-refractivity contribution in [3.63, 3.8) is 0 Å². The lowest BCUT2D eigenvalue weighted by Crippen LogP contribution is -2.27. The lowest BCUT2D eigenvalue weighted by atomic mass is 10.1. The van der Waals surface area contributed by atoms with Gasteiger partial charge >= 0.3 is 0 Å². The third kappa shape index (κ3) is 5.64. The minimum absolute atomic E-state index is 0.125. The molecule has 0 bridgehead atoms. The number of benzene rings is 2. The number of ether oxygens (including phenoxy) is 2. The number of phenolic OH excluding ortho intramolecular Hbond substituents is 1. The molecule has 0 unspecified atom stereocenters. The van der Waals surface area contributed by atoms with E-state index in [9.17, 15) is 9.90 Å². The summed E-state index contributed by atoms with van der Waals surface area (Å²) in [7, 11) is 3.18. The van der Waals surface area contributed by atoms with Crippen molar-refractivity contribution in [3.8, 4) is 28.7 Å². The van der Waals surface area contributed by atoms with Crippen molar-refractivity contribution in [2.24, 2.45) is 0 Å². The molecule has 3 aromatic rings. The second-order valence-electron chi connectivity index (χ2n) is 6.00. The number of carbonyl (C=O) groups excluding carboxylic acids is 1. The van der Waals surface area contributed by atoms with Gasteiger partial charge in [-0.05, 0) is 48.4 Å². The average molecular weight is 415 g/mol. The fraction of sp³-hybridized carbons (Fsp3) is 0.250. The van der Waals surface area contributed by atoms with Crippen molar-refractivity contribution in [1.29, 1.82) is 0 Å². The van der Waals surface area contributed by atoms with Crippen molar-refractivity contribution >= 4 is 17.7 Å². The molecule has 2 N–H and O–H groups in total. The Bertz CT molecular complexity index is 959. The number of carbonyl (C=O) groups is 1. The zero-order valence-corrected chi connectivity index (χ0v) is 16.9. The third-order valence-corrected chi connectivity index (χ3v) is 4.85. The van der Waals surface area contributed by atoms with Crippen LogP contribution in [0, 0.1) is 0 Å². The number of hydrogen-bond donors (Lipinski definition) is 2. The second-order valence-corrected chi connectivity index (χ2v) is 6.92. The number of phenols is 1. The summed E-state index contributed by atoms with van der Waals surface area (Å²) < 4.78 is 16.0. The van der Waals surface area contributed by atoms with Gasteiger partial charge in [-0.3, -0.25) is 4.79 Å². The Labute approximate surface area is 172 Å². The summed E-state index contributed by atoms with van der Waals surface area (Å²) in [5.41, 5.74) is 1.73. The van der Waals surface area contributed by atoms with Crippen LogP contribution in [0.25, 0.3) is 11.5 Å². The molecule has 0 atom stereocenters. The van der Waals surface area contributed by atoms with Crippen LogP contribution in [0.1, 0.15) is 5.56 Å². The summed E-state index contributed by atoms with van der Waals surface area (Å²) in [6, 6.07) is 12.1. The maximum Gasteiger partial charge on any atom is 0.277 e. The summed E-state index contributed by atoms with van der Waals surface area (Å²) in [6.07, 6.45) is 0.669. The fourth-order valence-electron chi connectivity index (χ4n) is 2.55. The average Bonchev–Trinajstić information content (AvgIpc) is 3.21. The van der Waals surface area contributed by atoms with E-state index in [1.54, 1.807) is 26.4 Å². The van der Waals surface area contributed by atoms with Crippen molar-refractivity contribution < 1.29 is 23.8 Å². The van der Waals surface area contributed by atoms with Gasteiger partial charge in [-0.1, -0.05) is 17.8 Å². The quantitative estimate of drug-likeness (QED) is 0.514. The highest BCUT2D eigenvalue weighted by Crippen LogP contribution is 2.27. The van der Waals surface area contributed by atoms with Crippen LogP contribution in [0.4, 0.5) is 0 Å². The van der Waals surface area contributed by atoms with E-state index in [2.05, 4.69) is 15.5 Å². The van der Waals surface area contributed by atoms with Gasteiger partial charge in [0.1, 0.15) is 5.75 Å². The lowest BCUT2D eigenvalue weighted by Gasteiger charge is -2.10. The molecule has 1 aromatic heterocycles. The Hall–Kier alpha value is -3.20. The van der Waals surface area contributed by atoms with Crippen molar-refractivity contribution in [2.75, 3.05) is 26.5 Å². The van der Waals surface area contributed by atoms with Gasteiger partial charge in [0, 0.05) is 12.1 Å². The molecule has 1 heterocycles. The van der Waals surface area contributed by atoms with Crippen LogP contribution in [0.15, 0.2) is 52.1 Å². The second kappa shape index (κ2) is 9.83. The Morgan fingerprint density at radius 2 is 1.86 bits per heavy atom. The summed E-state index contributed by atoms with van der Waals surface area (Å²) >= 11 is 1.17. The molecule has 0 saturated carbocycles. The first kappa shape index (κ1) is 20.5. The monoisotopic (exact) mass is 415 g/mol. The first-order valence-electron chi connectivity index (χ1n) is 8.82. The molecule has 29 heavy (non-hydrogen) atoms. The molecule has 0 aliphatic rings. The van der Waals surface area contributed by atoms with Gasteiger partial charge in [0.05, 0.1) is 20.0 Å².